The van der Waals surface area contributed by atoms with E-state index in [1.54, 1.807) is 23.1 Å². The van der Waals surface area contributed by atoms with Gasteiger partial charge in [0.2, 0.25) is 11.8 Å². The van der Waals surface area contributed by atoms with Crippen molar-refractivity contribution in [1.82, 2.24) is 20.0 Å². The zero-order valence-electron chi connectivity index (χ0n) is 19.0. The summed E-state index contributed by atoms with van der Waals surface area (Å²) in [7, 11) is 0. The van der Waals surface area contributed by atoms with E-state index in [0.29, 0.717) is 23.2 Å². The molecule has 0 unspecified atom stereocenters. The van der Waals surface area contributed by atoms with Gasteiger partial charge in [0.1, 0.15) is 12.6 Å². The number of benzene rings is 1. The molecule has 2 fully saturated rings. The van der Waals surface area contributed by atoms with Gasteiger partial charge in [-0.25, -0.2) is 4.79 Å². The van der Waals surface area contributed by atoms with E-state index in [2.05, 4.69) is 31.2 Å². The summed E-state index contributed by atoms with van der Waals surface area (Å²) in [6, 6.07) is 6.83. The van der Waals surface area contributed by atoms with Crippen LogP contribution in [0.25, 0.3) is 10.9 Å². The first-order chi connectivity index (χ1) is 15.0. The molecule has 4 rings (SSSR count). The topological polar surface area (TPSA) is 120 Å². The number of rotatable bonds is 6. The van der Waals surface area contributed by atoms with Crippen molar-refractivity contribution in [3.63, 3.8) is 0 Å². The number of nitrogens with zero attached hydrogens (tertiary/aromatic N) is 3. The van der Waals surface area contributed by atoms with Gasteiger partial charge in [0, 0.05) is 12.1 Å². The van der Waals surface area contributed by atoms with Crippen molar-refractivity contribution in [1.29, 1.82) is 0 Å². The van der Waals surface area contributed by atoms with Gasteiger partial charge in [-0.3, -0.25) is 14.3 Å². The number of primary amides is 1. The van der Waals surface area contributed by atoms with Gasteiger partial charge in [0.15, 0.2) is 0 Å². The summed E-state index contributed by atoms with van der Waals surface area (Å²) >= 11 is 0. The molecule has 4 atom stereocenters. The number of hydrogen-bond donors (Lipinski definition) is 2. The lowest BCUT2D eigenvalue weighted by Crippen LogP contribution is -2.51. The van der Waals surface area contributed by atoms with Crippen LogP contribution in [0.1, 0.15) is 47.0 Å². The van der Waals surface area contributed by atoms with E-state index in [4.69, 9.17) is 10.5 Å². The molecule has 2 aliphatic rings. The van der Waals surface area contributed by atoms with Gasteiger partial charge in [0.25, 0.3) is 5.88 Å². The zero-order valence-corrected chi connectivity index (χ0v) is 19.0. The Morgan fingerprint density at radius 3 is 2.66 bits per heavy atom. The van der Waals surface area contributed by atoms with Gasteiger partial charge in [-0.1, -0.05) is 32.9 Å². The predicted octanol–water partition coefficient (Wildman–Crippen LogP) is 2.42. The second kappa shape index (κ2) is 8.11. The van der Waals surface area contributed by atoms with Crippen molar-refractivity contribution in [3.05, 3.63) is 24.3 Å². The molecule has 2 heterocycles. The maximum absolute atomic E-state index is 13.3. The molecule has 3 N–H and O–H groups in total. The summed E-state index contributed by atoms with van der Waals surface area (Å²) in [4.78, 5) is 39.3. The van der Waals surface area contributed by atoms with E-state index in [0.717, 1.165) is 12.8 Å². The zero-order chi connectivity index (χ0) is 23.2. The maximum atomic E-state index is 13.3. The second-order valence-electron chi connectivity index (χ2n) is 10.2. The highest BCUT2D eigenvalue weighted by Crippen LogP contribution is 2.48. The van der Waals surface area contributed by atoms with Crippen molar-refractivity contribution < 1.29 is 19.1 Å². The van der Waals surface area contributed by atoms with Gasteiger partial charge >= 0.3 is 6.09 Å². The summed E-state index contributed by atoms with van der Waals surface area (Å²) in [5.74, 6) is 0.190. The summed E-state index contributed by atoms with van der Waals surface area (Å²) in [5, 5.41) is 7.97. The summed E-state index contributed by atoms with van der Waals surface area (Å²) in [5.41, 5.74) is 5.91. The van der Waals surface area contributed by atoms with Crippen LogP contribution in [0, 0.1) is 11.3 Å². The largest absolute Gasteiger partial charge is 0.411 e. The van der Waals surface area contributed by atoms with Crippen LogP contribution in [-0.4, -0.2) is 50.7 Å². The van der Waals surface area contributed by atoms with Crippen molar-refractivity contribution in [2.75, 3.05) is 0 Å². The molecule has 1 aromatic carbocycles. The van der Waals surface area contributed by atoms with Crippen LogP contribution >= 0.6 is 0 Å². The standard InChI is InChI=1S/C23H31N5O4/c1-13(11-23(2,3)4)25-20(30)18-10-14-9-17(14)28(18)19(29)12-27-16-8-6-5-7-15(16)21(26-27)32-22(24)31/h5-8,13-14,17-18H,9-12H2,1-4H3,(H2,24,31)(H,25,30)/t13-,14-,17-,18+/m1/s1. The Morgan fingerprint density at radius 2 is 1.97 bits per heavy atom. The van der Waals surface area contributed by atoms with Crippen LogP contribution in [0.4, 0.5) is 4.79 Å². The molecule has 1 aliphatic heterocycles. The highest BCUT2D eigenvalue weighted by Gasteiger charge is 2.56. The predicted molar refractivity (Wildman–Crippen MR) is 119 cm³/mol. The number of amides is 3. The van der Waals surface area contributed by atoms with Crippen LogP contribution < -0.4 is 15.8 Å². The summed E-state index contributed by atoms with van der Waals surface area (Å²) in [6.45, 7) is 8.37. The number of nitrogens with one attached hydrogen (secondary N) is 1. The highest BCUT2D eigenvalue weighted by atomic mass is 16.6. The number of nitrogens with two attached hydrogens (primary N) is 1. The lowest BCUT2D eigenvalue weighted by molar-refractivity contribution is -0.140. The molecule has 9 nitrogen and oxygen atoms in total. The lowest BCUT2D eigenvalue weighted by atomic mass is 9.88. The fourth-order valence-electron chi connectivity index (χ4n) is 4.96. The molecule has 2 aromatic rings. The van der Waals surface area contributed by atoms with E-state index < -0.39 is 12.1 Å². The Balaban J connectivity index is 1.50. The number of carbonyl (C=O) groups excluding carboxylic acids is 3. The average Bonchev–Trinajstić information content (AvgIpc) is 3.21. The van der Waals surface area contributed by atoms with Gasteiger partial charge in [-0.2, -0.15) is 0 Å². The van der Waals surface area contributed by atoms with Crippen LogP contribution in [0.2, 0.25) is 0 Å². The van der Waals surface area contributed by atoms with E-state index in [1.165, 1.54) is 4.68 Å². The molecule has 1 saturated heterocycles. The van der Waals surface area contributed by atoms with Gasteiger partial charge < -0.3 is 20.7 Å². The smallest absolute Gasteiger partial charge is 0.389 e. The SMILES string of the molecule is C[C@H](CC(C)(C)C)NC(=O)[C@@H]1C[C@H]2C[C@H]2N1C(=O)Cn1nc(OC(N)=O)c2ccccc21. The number of fused-ring (bicyclic) bond motifs is 2. The molecule has 172 valence electrons. The second-order valence-corrected chi connectivity index (χ2v) is 10.2. The van der Waals surface area contributed by atoms with Gasteiger partial charge in [0.05, 0.1) is 10.9 Å². The first kappa shape index (κ1) is 22.1. The number of carbonyl (C=O) groups is 3. The fraction of sp³-hybridized carbons (Fsp3) is 0.565. The Kier molecular flexibility index (Phi) is 5.60. The number of hydrogen-bond acceptors (Lipinski definition) is 5. The minimum absolute atomic E-state index is 0.0277. The summed E-state index contributed by atoms with van der Waals surface area (Å²) in [6.07, 6.45) is 1.52. The highest BCUT2D eigenvalue weighted by molar-refractivity contribution is 5.91. The van der Waals surface area contributed by atoms with E-state index >= 15 is 0 Å². The van der Waals surface area contributed by atoms with Crippen LogP contribution in [0.15, 0.2) is 24.3 Å². The monoisotopic (exact) mass is 441 g/mol. The van der Waals surface area contributed by atoms with E-state index in [-0.39, 0.29) is 41.7 Å². The average molecular weight is 442 g/mol. The number of para-hydroxylation sites is 1. The number of piperidine rings is 1. The first-order valence-electron chi connectivity index (χ1n) is 11.1. The molecule has 9 heteroatoms. The van der Waals surface area contributed by atoms with Crippen LogP contribution in [0.5, 0.6) is 5.88 Å². The van der Waals surface area contributed by atoms with Crippen LogP contribution in [0.3, 0.4) is 0 Å². The van der Waals surface area contributed by atoms with E-state index in [1.807, 2.05) is 13.0 Å². The van der Waals surface area contributed by atoms with Crippen molar-refractivity contribution in [2.24, 2.45) is 17.1 Å². The van der Waals surface area contributed by atoms with Gasteiger partial charge in [-0.15, -0.1) is 5.10 Å². The molecular formula is C23H31N5O4. The fourth-order valence-corrected chi connectivity index (χ4v) is 4.96. The van der Waals surface area contributed by atoms with Crippen molar-refractivity contribution in [3.8, 4) is 5.88 Å². The number of likely N-dealkylation sites (tertiary alicyclic amines) is 1. The minimum atomic E-state index is -0.965. The molecule has 1 aromatic heterocycles. The molecule has 0 radical (unpaired) electrons. The third-order valence-corrected chi connectivity index (χ3v) is 6.11. The quantitative estimate of drug-likeness (QED) is 0.713. The van der Waals surface area contributed by atoms with Crippen molar-refractivity contribution in [2.45, 2.75) is 71.6 Å². The molecule has 1 saturated carbocycles. The Hall–Kier alpha value is -3.10. The molecule has 0 spiro atoms. The Morgan fingerprint density at radius 1 is 1.25 bits per heavy atom. The molecule has 0 bridgehead atoms. The normalized spacial score (nSPS) is 23.0. The lowest BCUT2D eigenvalue weighted by Gasteiger charge is -2.30. The Bertz CT molecular complexity index is 1060. The summed E-state index contributed by atoms with van der Waals surface area (Å²) < 4.78 is 6.51. The van der Waals surface area contributed by atoms with Crippen LogP contribution in [-0.2, 0) is 16.1 Å². The number of ether oxygens (including phenoxy) is 1. The molecular weight excluding hydrogens is 410 g/mol. The third-order valence-electron chi connectivity index (χ3n) is 6.11. The first-order valence-corrected chi connectivity index (χ1v) is 11.1. The molecule has 32 heavy (non-hydrogen) atoms. The minimum Gasteiger partial charge on any atom is -0.389 e. The Labute approximate surface area is 187 Å². The van der Waals surface area contributed by atoms with Gasteiger partial charge in [-0.05, 0) is 49.7 Å². The third kappa shape index (κ3) is 4.56. The number of aromatic nitrogens is 2. The molecule has 1 aliphatic carbocycles. The van der Waals surface area contributed by atoms with Crippen molar-refractivity contribution >= 4 is 28.8 Å². The van der Waals surface area contributed by atoms with E-state index in [9.17, 15) is 14.4 Å². The molecule has 3 amide bonds. The maximum Gasteiger partial charge on any atom is 0.411 e.